The van der Waals surface area contributed by atoms with Crippen molar-refractivity contribution in [2.45, 2.75) is 13.8 Å². The smallest absolute Gasteiger partial charge is 0.231 e. The van der Waals surface area contributed by atoms with Crippen molar-refractivity contribution in [3.05, 3.63) is 81.7 Å². The standard InChI is InChI=1S/C30H32Cl2N8OS/c1-3-40-15-19(4-6-25-10-20-9-18(28(33)34)5-7-26(20)41-25)21(16-40)14-35-27-8-17(2)36-29(38-27)39-30(42)37-24-12-22(31)11-23(32)13-24/h4-13,19,21H,3,14-16H2,1-2H3,(H3,33,34)(H3,35,36,37,38,39,42)/b6-4+. The molecule has 1 saturated heterocycles. The second-order valence-electron chi connectivity index (χ2n) is 10.3. The number of aromatic nitrogens is 2. The first kappa shape index (κ1) is 29.8. The van der Waals surface area contributed by atoms with Crippen molar-refractivity contribution < 1.29 is 4.42 Å². The van der Waals surface area contributed by atoms with Crippen molar-refractivity contribution in [3.8, 4) is 0 Å². The number of nitrogens with one attached hydrogen (secondary N) is 4. The lowest BCUT2D eigenvalue weighted by Gasteiger charge is -2.17. The van der Waals surface area contributed by atoms with E-state index < -0.39 is 0 Å². The Bertz CT molecular complexity index is 1640. The Morgan fingerprint density at radius 2 is 1.90 bits per heavy atom. The van der Waals surface area contributed by atoms with E-state index in [9.17, 15) is 0 Å². The summed E-state index contributed by atoms with van der Waals surface area (Å²) in [7, 11) is 0. The maximum atomic E-state index is 7.67. The fourth-order valence-corrected chi connectivity index (χ4v) is 5.79. The Labute approximate surface area is 260 Å². The van der Waals surface area contributed by atoms with E-state index in [1.807, 2.05) is 37.3 Å². The summed E-state index contributed by atoms with van der Waals surface area (Å²) in [6, 6.07) is 14.5. The zero-order valence-electron chi connectivity index (χ0n) is 23.2. The molecule has 2 aromatic heterocycles. The molecule has 0 amide bonds. The van der Waals surface area contributed by atoms with Crippen molar-refractivity contribution in [1.29, 1.82) is 5.41 Å². The molecule has 0 radical (unpaired) electrons. The zero-order chi connectivity index (χ0) is 29.8. The molecule has 2 unspecified atom stereocenters. The number of thiocarbonyl (C=S) groups is 1. The molecule has 1 aliphatic rings. The van der Waals surface area contributed by atoms with Gasteiger partial charge in [0.15, 0.2) is 5.11 Å². The third-order valence-corrected chi connectivity index (χ3v) is 7.75. The number of halogens is 2. The van der Waals surface area contributed by atoms with Crippen LogP contribution in [0.2, 0.25) is 10.0 Å². The largest absolute Gasteiger partial charge is 0.457 e. The first-order chi connectivity index (χ1) is 20.1. The van der Waals surface area contributed by atoms with Gasteiger partial charge in [-0.05, 0) is 86.1 Å². The van der Waals surface area contributed by atoms with Gasteiger partial charge in [0.2, 0.25) is 5.95 Å². The molecular formula is C30H32Cl2N8OS. The summed E-state index contributed by atoms with van der Waals surface area (Å²) < 4.78 is 6.01. The minimum Gasteiger partial charge on any atom is -0.457 e. The predicted octanol–water partition coefficient (Wildman–Crippen LogP) is 6.62. The lowest BCUT2D eigenvalue weighted by Crippen LogP contribution is -2.24. The van der Waals surface area contributed by atoms with E-state index in [0.717, 1.165) is 54.4 Å². The average Bonchev–Trinajstić information content (AvgIpc) is 3.52. The second-order valence-corrected chi connectivity index (χ2v) is 11.6. The number of anilines is 3. The number of hydrogen-bond donors (Lipinski definition) is 5. The van der Waals surface area contributed by atoms with Gasteiger partial charge in [-0.1, -0.05) is 36.2 Å². The number of amidine groups is 1. The molecular weight excluding hydrogens is 591 g/mol. The first-order valence-electron chi connectivity index (χ1n) is 13.6. The Hall–Kier alpha value is -3.70. The van der Waals surface area contributed by atoms with E-state index in [4.69, 9.17) is 51.0 Å². The summed E-state index contributed by atoms with van der Waals surface area (Å²) in [6.07, 6.45) is 4.28. The predicted molar refractivity (Wildman–Crippen MR) is 177 cm³/mol. The molecule has 4 aromatic rings. The van der Waals surface area contributed by atoms with E-state index in [1.54, 1.807) is 24.3 Å². The first-order valence-corrected chi connectivity index (χ1v) is 14.7. The molecule has 218 valence electrons. The topological polar surface area (TPSA) is 128 Å². The lowest BCUT2D eigenvalue weighted by atomic mass is 9.95. The quantitative estimate of drug-likeness (QED) is 0.0794. The maximum Gasteiger partial charge on any atom is 0.231 e. The molecule has 3 heterocycles. The Morgan fingerprint density at radius 1 is 1.12 bits per heavy atom. The van der Waals surface area contributed by atoms with Crippen LogP contribution in [0, 0.1) is 24.2 Å². The molecule has 6 N–H and O–H groups in total. The number of benzene rings is 2. The average molecular weight is 624 g/mol. The summed E-state index contributed by atoms with van der Waals surface area (Å²) in [6.45, 7) is 7.78. The lowest BCUT2D eigenvalue weighted by molar-refractivity contribution is 0.343. The van der Waals surface area contributed by atoms with Crippen molar-refractivity contribution in [2.75, 3.05) is 42.1 Å². The molecule has 0 aliphatic carbocycles. The minimum absolute atomic E-state index is 0.0419. The van der Waals surface area contributed by atoms with Crippen molar-refractivity contribution in [1.82, 2.24) is 14.9 Å². The monoisotopic (exact) mass is 622 g/mol. The zero-order valence-corrected chi connectivity index (χ0v) is 25.6. The molecule has 42 heavy (non-hydrogen) atoms. The SMILES string of the molecule is CCN1CC(/C=C/c2cc3cc(C(=N)N)ccc3o2)C(CNc2cc(C)nc(NC(=S)Nc3cc(Cl)cc(Cl)c3)n2)C1. The molecule has 2 atom stereocenters. The highest BCUT2D eigenvalue weighted by atomic mass is 35.5. The summed E-state index contributed by atoms with van der Waals surface area (Å²) in [5.74, 6) is 2.63. The fraction of sp³-hybridized carbons (Fsp3) is 0.267. The molecule has 0 saturated carbocycles. The highest BCUT2D eigenvalue weighted by Gasteiger charge is 2.30. The van der Waals surface area contributed by atoms with Crippen LogP contribution in [0.1, 0.15) is 23.9 Å². The number of hydrogen-bond acceptors (Lipinski definition) is 7. The molecule has 2 aromatic carbocycles. The third-order valence-electron chi connectivity index (χ3n) is 7.11. The Kier molecular flexibility index (Phi) is 9.27. The van der Waals surface area contributed by atoms with Crippen LogP contribution in [0.15, 0.2) is 59.0 Å². The summed E-state index contributed by atoms with van der Waals surface area (Å²) in [5, 5.41) is 19.6. The van der Waals surface area contributed by atoms with Crippen LogP contribution in [-0.4, -0.2) is 52.0 Å². The molecule has 12 heteroatoms. The Morgan fingerprint density at radius 3 is 2.64 bits per heavy atom. The van der Waals surface area contributed by atoms with Crippen LogP contribution in [0.3, 0.4) is 0 Å². The van der Waals surface area contributed by atoms with Gasteiger partial charge < -0.3 is 31.0 Å². The summed E-state index contributed by atoms with van der Waals surface area (Å²) in [5.41, 5.74) is 8.57. The highest BCUT2D eigenvalue weighted by molar-refractivity contribution is 7.80. The third kappa shape index (κ3) is 7.57. The molecule has 1 aliphatic heterocycles. The Balaban J connectivity index is 1.23. The second kappa shape index (κ2) is 13.1. The van der Waals surface area contributed by atoms with Gasteiger partial charge in [-0.3, -0.25) is 5.41 Å². The van der Waals surface area contributed by atoms with E-state index in [2.05, 4.69) is 43.8 Å². The number of furan rings is 1. The van der Waals surface area contributed by atoms with Gasteiger partial charge >= 0.3 is 0 Å². The van der Waals surface area contributed by atoms with Gasteiger partial charge in [0.1, 0.15) is 23.0 Å². The van der Waals surface area contributed by atoms with Gasteiger partial charge in [0.05, 0.1) is 0 Å². The maximum absolute atomic E-state index is 7.67. The van der Waals surface area contributed by atoms with Gasteiger partial charge in [0, 0.05) is 58.1 Å². The van der Waals surface area contributed by atoms with E-state index in [-0.39, 0.29) is 5.84 Å². The van der Waals surface area contributed by atoms with Crippen molar-refractivity contribution in [3.63, 3.8) is 0 Å². The van der Waals surface area contributed by atoms with E-state index in [0.29, 0.717) is 44.2 Å². The van der Waals surface area contributed by atoms with Crippen LogP contribution in [0.5, 0.6) is 0 Å². The minimum atomic E-state index is 0.0419. The number of nitrogens with zero attached hydrogens (tertiary/aromatic N) is 3. The van der Waals surface area contributed by atoms with Crippen LogP contribution in [0.25, 0.3) is 17.0 Å². The van der Waals surface area contributed by atoms with Gasteiger partial charge in [-0.2, -0.15) is 4.98 Å². The number of rotatable bonds is 9. The fourth-order valence-electron chi connectivity index (χ4n) is 5.05. The molecule has 1 fully saturated rings. The molecule has 5 rings (SSSR count). The van der Waals surface area contributed by atoms with E-state index >= 15 is 0 Å². The number of nitrogens with two attached hydrogens (primary N) is 1. The van der Waals surface area contributed by atoms with Crippen LogP contribution >= 0.6 is 35.4 Å². The van der Waals surface area contributed by atoms with Gasteiger partial charge in [-0.15, -0.1) is 0 Å². The summed E-state index contributed by atoms with van der Waals surface area (Å²) in [4.78, 5) is 11.6. The van der Waals surface area contributed by atoms with E-state index in [1.165, 1.54) is 0 Å². The highest BCUT2D eigenvalue weighted by Crippen LogP contribution is 2.28. The van der Waals surface area contributed by atoms with Crippen LogP contribution in [-0.2, 0) is 0 Å². The number of likely N-dealkylation sites (tertiary alicyclic amines) is 1. The summed E-state index contributed by atoms with van der Waals surface area (Å²) >= 11 is 17.6. The number of aryl methyl sites for hydroxylation is 1. The normalized spacial score (nSPS) is 17.1. The van der Waals surface area contributed by atoms with Crippen molar-refractivity contribution in [2.24, 2.45) is 17.6 Å². The number of nitrogen functional groups attached to an aromatic ring is 1. The van der Waals surface area contributed by atoms with Crippen LogP contribution in [0.4, 0.5) is 17.5 Å². The molecule has 0 bridgehead atoms. The molecule has 0 spiro atoms. The van der Waals surface area contributed by atoms with Gasteiger partial charge in [-0.25, -0.2) is 4.98 Å². The molecule has 9 nitrogen and oxygen atoms in total. The number of fused-ring (bicyclic) bond motifs is 1. The van der Waals surface area contributed by atoms with Gasteiger partial charge in [0.25, 0.3) is 0 Å². The van der Waals surface area contributed by atoms with Crippen LogP contribution < -0.4 is 21.7 Å². The van der Waals surface area contributed by atoms with Crippen molar-refractivity contribution >= 4 is 80.9 Å².